The fourth-order valence-corrected chi connectivity index (χ4v) is 5.96. The summed E-state index contributed by atoms with van der Waals surface area (Å²) in [6, 6.07) is 6.18. The molecule has 0 bridgehead atoms. The van der Waals surface area contributed by atoms with Crippen LogP contribution in [0.25, 0.3) is 11.1 Å². The maximum absolute atomic E-state index is 12.7. The second-order valence-electron chi connectivity index (χ2n) is 11.3. The first kappa shape index (κ1) is 27.1. The Morgan fingerprint density at radius 2 is 2.08 bits per heavy atom. The number of ether oxygens (including phenoxy) is 1. The Kier molecular flexibility index (Phi) is 7.88. The summed E-state index contributed by atoms with van der Waals surface area (Å²) in [6.45, 7) is 10.2. The summed E-state index contributed by atoms with van der Waals surface area (Å²) in [6.07, 6.45) is 11.8. The Bertz CT molecular complexity index is 1390. The number of unbranched alkanes of at least 4 members (excludes halogenated alkanes) is 2. The van der Waals surface area contributed by atoms with Crippen molar-refractivity contribution < 1.29 is 14.3 Å². The summed E-state index contributed by atoms with van der Waals surface area (Å²) in [5, 5.41) is 8.47. The van der Waals surface area contributed by atoms with Gasteiger partial charge in [0.05, 0.1) is 24.1 Å². The molecule has 0 unspecified atom stereocenters. The number of benzene rings is 1. The zero-order valence-corrected chi connectivity index (χ0v) is 24.0. The van der Waals surface area contributed by atoms with Crippen molar-refractivity contribution in [1.82, 2.24) is 20.1 Å². The highest BCUT2D eigenvalue weighted by molar-refractivity contribution is 7.17. The van der Waals surface area contributed by atoms with Crippen molar-refractivity contribution in [2.24, 2.45) is 5.92 Å². The normalized spacial score (nSPS) is 16.2. The molecule has 206 valence electrons. The average Bonchev–Trinajstić information content (AvgIpc) is 3.53. The van der Waals surface area contributed by atoms with Crippen LogP contribution in [-0.4, -0.2) is 45.1 Å². The molecular weight excluding hydrogens is 510 g/mol. The van der Waals surface area contributed by atoms with E-state index in [1.807, 2.05) is 36.9 Å². The second kappa shape index (κ2) is 11.3. The van der Waals surface area contributed by atoms with Crippen molar-refractivity contribution in [1.29, 1.82) is 0 Å². The molecule has 2 aromatic heterocycles. The van der Waals surface area contributed by atoms with Gasteiger partial charge < -0.3 is 15.0 Å². The molecule has 2 aliphatic heterocycles. The Balaban J connectivity index is 1.24. The number of aryl methyl sites for hydroxylation is 1. The molecule has 3 aromatic rings. The van der Waals surface area contributed by atoms with E-state index in [1.54, 1.807) is 6.08 Å². The predicted molar refractivity (Wildman–Crippen MR) is 155 cm³/mol. The molecule has 5 rings (SSSR count). The molecule has 8 nitrogen and oxygen atoms in total. The van der Waals surface area contributed by atoms with Gasteiger partial charge in [-0.15, -0.1) is 0 Å². The number of fused-ring (bicyclic) bond motifs is 2. The van der Waals surface area contributed by atoms with Gasteiger partial charge >= 0.3 is 0 Å². The van der Waals surface area contributed by atoms with Gasteiger partial charge in [-0.05, 0) is 56.4 Å². The first-order chi connectivity index (χ1) is 18.7. The summed E-state index contributed by atoms with van der Waals surface area (Å²) < 4.78 is 7.93. The number of ketones is 1. The minimum Gasteiger partial charge on any atom is -0.490 e. The van der Waals surface area contributed by atoms with Crippen molar-refractivity contribution in [2.75, 3.05) is 18.1 Å². The van der Waals surface area contributed by atoms with Gasteiger partial charge in [0, 0.05) is 36.7 Å². The molecule has 39 heavy (non-hydrogen) atoms. The lowest BCUT2D eigenvalue weighted by Gasteiger charge is -2.29. The van der Waals surface area contributed by atoms with Gasteiger partial charge in [0.2, 0.25) is 0 Å². The molecule has 9 heteroatoms. The van der Waals surface area contributed by atoms with Crippen LogP contribution in [0.3, 0.4) is 0 Å². The smallest absolute Gasteiger partial charge is 0.263 e. The van der Waals surface area contributed by atoms with E-state index in [0.717, 1.165) is 59.2 Å². The Labute approximate surface area is 234 Å². The molecular formula is C30H37N5O3S. The Morgan fingerprint density at radius 1 is 1.23 bits per heavy atom. The van der Waals surface area contributed by atoms with Crippen LogP contribution in [0, 0.1) is 5.92 Å². The van der Waals surface area contributed by atoms with Crippen LogP contribution in [-0.2, 0) is 17.8 Å². The SMILES string of the molecule is CC(C)/C=C/C(=O)CCCCCn1cc(-c2ccc3c(c2)N(c2nc4c(s2)C(=O)NC(C)(C)C4)CCO3)cn1. The van der Waals surface area contributed by atoms with E-state index in [-0.39, 0.29) is 17.2 Å². The summed E-state index contributed by atoms with van der Waals surface area (Å²) >= 11 is 1.44. The van der Waals surface area contributed by atoms with Gasteiger partial charge in [0.15, 0.2) is 10.9 Å². The quantitative estimate of drug-likeness (QED) is 0.249. The zero-order valence-electron chi connectivity index (χ0n) is 23.2. The summed E-state index contributed by atoms with van der Waals surface area (Å²) in [7, 11) is 0. The van der Waals surface area contributed by atoms with Gasteiger partial charge in [-0.1, -0.05) is 43.7 Å². The van der Waals surface area contributed by atoms with E-state index in [2.05, 4.69) is 47.5 Å². The van der Waals surface area contributed by atoms with E-state index in [0.29, 0.717) is 36.8 Å². The molecule has 0 radical (unpaired) electrons. The predicted octanol–water partition coefficient (Wildman–Crippen LogP) is 5.94. The van der Waals surface area contributed by atoms with Gasteiger partial charge in [-0.2, -0.15) is 5.10 Å². The van der Waals surface area contributed by atoms with Crippen molar-refractivity contribution in [2.45, 2.75) is 71.9 Å². The number of anilines is 2. The monoisotopic (exact) mass is 547 g/mol. The summed E-state index contributed by atoms with van der Waals surface area (Å²) in [4.78, 5) is 32.3. The van der Waals surface area contributed by atoms with E-state index in [1.165, 1.54) is 11.3 Å². The minimum absolute atomic E-state index is 0.0470. The van der Waals surface area contributed by atoms with E-state index >= 15 is 0 Å². The molecule has 4 heterocycles. The van der Waals surface area contributed by atoms with Gasteiger partial charge in [0.25, 0.3) is 5.91 Å². The fraction of sp³-hybridized carbons (Fsp3) is 0.467. The van der Waals surface area contributed by atoms with Crippen LogP contribution in [0.15, 0.2) is 42.7 Å². The number of nitrogens with zero attached hydrogens (tertiary/aromatic N) is 4. The first-order valence-electron chi connectivity index (χ1n) is 13.8. The first-order valence-corrected chi connectivity index (χ1v) is 14.6. The molecule has 0 saturated heterocycles. The second-order valence-corrected chi connectivity index (χ2v) is 12.3. The highest BCUT2D eigenvalue weighted by Gasteiger charge is 2.34. The van der Waals surface area contributed by atoms with E-state index < -0.39 is 0 Å². The average molecular weight is 548 g/mol. The Morgan fingerprint density at radius 3 is 2.90 bits per heavy atom. The molecule has 0 saturated carbocycles. The number of amides is 1. The number of aromatic nitrogens is 3. The molecule has 0 atom stereocenters. The van der Waals surface area contributed by atoms with Gasteiger partial charge in [-0.3, -0.25) is 14.3 Å². The van der Waals surface area contributed by atoms with Crippen LogP contribution in [0.4, 0.5) is 10.8 Å². The summed E-state index contributed by atoms with van der Waals surface area (Å²) in [5.41, 5.74) is 3.61. The van der Waals surface area contributed by atoms with Crippen molar-refractivity contribution in [3.05, 3.63) is 53.3 Å². The van der Waals surface area contributed by atoms with E-state index in [9.17, 15) is 9.59 Å². The lowest BCUT2D eigenvalue weighted by atomic mass is 9.94. The third-order valence-corrected chi connectivity index (χ3v) is 8.07. The largest absolute Gasteiger partial charge is 0.490 e. The molecule has 1 amide bonds. The minimum atomic E-state index is -0.298. The fourth-order valence-electron chi connectivity index (χ4n) is 4.94. The highest BCUT2D eigenvalue weighted by atomic mass is 32.1. The molecule has 0 aliphatic carbocycles. The highest BCUT2D eigenvalue weighted by Crippen LogP contribution is 2.42. The number of hydrogen-bond donors (Lipinski definition) is 1. The van der Waals surface area contributed by atoms with Crippen LogP contribution >= 0.6 is 11.3 Å². The summed E-state index contributed by atoms with van der Waals surface area (Å²) in [5.74, 6) is 1.38. The lowest BCUT2D eigenvalue weighted by Crippen LogP contribution is -2.48. The lowest BCUT2D eigenvalue weighted by molar-refractivity contribution is -0.114. The number of thiazole rings is 1. The van der Waals surface area contributed by atoms with Crippen LogP contribution in [0.2, 0.25) is 0 Å². The van der Waals surface area contributed by atoms with Crippen LogP contribution < -0.4 is 15.0 Å². The standard InChI is InChI=1S/C30H37N5O3S/c1-20(2)9-11-23(36)8-6-5-7-13-34-19-22(18-31-34)21-10-12-26-25(16-21)35(14-15-38-26)29-32-24-17-30(3,4)33-28(37)27(24)39-29/h9-12,16,18-20H,5-8,13-15,17H2,1-4H3,(H,33,37)/b11-9+. The maximum Gasteiger partial charge on any atom is 0.263 e. The number of carbonyl (C=O) groups excluding carboxylic acids is 2. The van der Waals surface area contributed by atoms with Crippen molar-refractivity contribution >= 4 is 33.8 Å². The number of nitrogens with one attached hydrogen (secondary N) is 1. The third-order valence-electron chi connectivity index (χ3n) is 6.95. The van der Waals surface area contributed by atoms with Crippen molar-refractivity contribution in [3.8, 4) is 16.9 Å². The Hall–Kier alpha value is -3.46. The third kappa shape index (κ3) is 6.41. The zero-order chi connectivity index (χ0) is 27.6. The number of allylic oxidation sites excluding steroid dienone is 2. The topological polar surface area (TPSA) is 89.4 Å². The van der Waals surface area contributed by atoms with Gasteiger partial charge in [0.1, 0.15) is 17.2 Å². The molecule has 1 N–H and O–H groups in total. The molecule has 0 fully saturated rings. The molecule has 2 aliphatic rings. The number of hydrogen-bond acceptors (Lipinski definition) is 7. The van der Waals surface area contributed by atoms with Gasteiger partial charge in [-0.25, -0.2) is 4.98 Å². The van der Waals surface area contributed by atoms with Crippen molar-refractivity contribution in [3.63, 3.8) is 0 Å². The number of carbonyl (C=O) groups is 2. The molecule has 0 spiro atoms. The van der Waals surface area contributed by atoms with Crippen LogP contribution in [0.1, 0.15) is 68.7 Å². The maximum atomic E-state index is 12.7. The number of rotatable bonds is 10. The molecule has 1 aromatic carbocycles. The van der Waals surface area contributed by atoms with Crippen LogP contribution in [0.5, 0.6) is 5.75 Å². The van der Waals surface area contributed by atoms with E-state index in [4.69, 9.17) is 9.72 Å².